The summed E-state index contributed by atoms with van der Waals surface area (Å²) >= 11 is 0. The van der Waals surface area contributed by atoms with Crippen molar-refractivity contribution in [3.05, 3.63) is 47.8 Å². The van der Waals surface area contributed by atoms with Crippen LogP contribution in [0.2, 0.25) is 0 Å². The van der Waals surface area contributed by atoms with Gasteiger partial charge in [0.15, 0.2) is 0 Å². The Labute approximate surface area is 99.3 Å². The summed E-state index contributed by atoms with van der Waals surface area (Å²) in [6.45, 7) is -0.296. The molecule has 18 heavy (non-hydrogen) atoms. The average Bonchev–Trinajstić information content (AvgIpc) is 2.75. The van der Waals surface area contributed by atoms with Gasteiger partial charge in [0.05, 0.1) is 24.2 Å². The van der Waals surface area contributed by atoms with Crippen LogP contribution >= 0.6 is 0 Å². The van der Waals surface area contributed by atoms with E-state index in [1.165, 1.54) is 17.1 Å². The zero-order chi connectivity index (χ0) is 13.3. The van der Waals surface area contributed by atoms with Gasteiger partial charge in [0.1, 0.15) is 5.82 Å². The van der Waals surface area contributed by atoms with E-state index in [0.717, 1.165) is 12.1 Å². The van der Waals surface area contributed by atoms with E-state index in [1.807, 2.05) is 0 Å². The van der Waals surface area contributed by atoms with E-state index in [9.17, 15) is 17.6 Å². The molecule has 2 rings (SSSR count). The van der Waals surface area contributed by atoms with Gasteiger partial charge >= 0.3 is 6.18 Å². The number of aromatic nitrogens is 2. The molecule has 0 aliphatic heterocycles. The van der Waals surface area contributed by atoms with Crippen LogP contribution < -0.4 is 0 Å². The fourth-order valence-electron chi connectivity index (χ4n) is 1.48. The molecule has 1 heterocycles. The predicted octanol–water partition coefficient (Wildman–Crippen LogP) is 2.52. The summed E-state index contributed by atoms with van der Waals surface area (Å²) in [5, 5.41) is 8.80. The van der Waals surface area contributed by atoms with Gasteiger partial charge in [-0.1, -0.05) is 0 Å². The van der Waals surface area contributed by atoms with Crippen LogP contribution in [-0.2, 0) is 12.8 Å². The van der Waals surface area contributed by atoms with Crippen LogP contribution in [0.25, 0.3) is 5.69 Å². The van der Waals surface area contributed by atoms with Crippen LogP contribution in [-0.4, -0.2) is 14.7 Å². The van der Waals surface area contributed by atoms with Crippen molar-refractivity contribution in [1.29, 1.82) is 0 Å². The van der Waals surface area contributed by atoms with Crippen molar-refractivity contribution in [2.45, 2.75) is 12.8 Å². The minimum atomic E-state index is -4.71. The molecule has 0 aliphatic rings. The molecule has 0 aliphatic carbocycles. The third-order valence-corrected chi connectivity index (χ3v) is 2.35. The highest BCUT2D eigenvalue weighted by Gasteiger charge is 2.33. The predicted molar refractivity (Wildman–Crippen MR) is 54.4 cm³/mol. The number of rotatable bonds is 2. The number of benzene rings is 1. The summed E-state index contributed by atoms with van der Waals surface area (Å²) in [6.07, 6.45) is -2.02. The van der Waals surface area contributed by atoms with Crippen molar-refractivity contribution in [2.75, 3.05) is 0 Å². The molecule has 2 aromatic rings. The minimum Gasteiger partial charge on any atom is -0.390 e. The Balaban J connectivity index is 2.40. The van der Waals surface area contributed by atoms with Crippen LogP contribution in [0, 0.1) is 5.82 Å². The first-order valence-electron chi connectivity index (χ1n) is 4.92. The topological polar surface area (TPSA) is 38.0 Å². The van der Waals surface area contributed by atoms with E-state index in [0.29, 0.717) is 11.8 Å². The average molecular weight is 260 g/mol. The molecule has 1 aromatic carbocycles. The van der Waals surface area contributed by atoms with Gasteiger partial charge in [-0.3, -0.25) is 0 Å². The van der Waals surface area contributed by atoms with Gasteiger partial charge in [0.2, 0.25) is 0 Å². The number of hydrogen-bond acceptors (Lipinski definition) is 2. The van der Waals surface area contributed by atoms with Gasteiger partial charge in [-0.25, -0.2) is 9.37 Å². The lowest BCUT2D eigenvalue weighted by Crippen LogP contribution is -2.08. The Morgan fingerprint density at radius 3 is 2.50 bits per heavy atom. The molecule has 7 heteroatoms. The number of aliphatic hydroxyl groups is 1. The molecule has 0 amide bonds. The maximum absolute atomic E-state index is 13.3. The zero-order valence-electron chi connectivity index (χ0n) is 8.95. The van der Waals surface area contributed by atoms with Gasteiger partial charge < -0.3 is 9.67 Å². The van der Waals surface area contributed by atoms with Crippen molar-refractivity contribution in [3.8, 4) is 5.69 Å². The zero-order valence-corrected chi connectivity index (χ0v) is 8.95. The number of imidazole rings is 1. The SMILES string of the molecule is OCc1cn(-c2ccc(C(F)(F)F)c(F)c2)cn1. The molecule has 1 aromatic heterocycles. The first-order chi connectivity index (χ1) is 8.41. The van der Waals surface area contributed by atoms with Gasteiger partial charge in [0, 0.05) is 11.9 Å². The summed E-state index contributed by atoms with van der Waals surface area (Å²) < 4.78 is 51.7. The second kappa shape index (κ2) is 4.41. The van der Waals surface area contributed by atoms with Crippen LogP contribution in [0.15, 0.2) is 30.7 Å². The monoisotopic (exact) mass is 260 g/mol. The number of halogens is 4. The van der Waals surface area contributed by atoms with Gasteiger partial charge in [0.25, 0.3) is 0 Å². The number of hydrogen-bond donors (Lipinski definition) is 1. The minimum absolute atomic E-state index is 0.202. The van der Waals surface area contributed by atoms with Crippen molar-refractivity contribution in [2.24, 2.45) is 0 Å². The molecule has 0 bridgehead atoms. The summed E-state index contributed by atoms with van der Waals surface area (Å²) in [6, 6.07) is 2.57. The molecule has 0 spiro atoms. The second-order valence-electron chi connectivity index (χ2n) is 3.59. The van der Waals surface area contributed by atoms with Crippen LogP contribution in [0.1, 0.15) is 11.3 Å². The van der Waals surface area contributed by atoms with E-state index in [-0.39, 0.29) is 12.3 Å². The van der Waals surface area contributed by atoms with Crippen molar-refractivity contribution < 1.29 is 22.7 Å². The van der Waals surface area contributed by atoms with Gasteiger partial charge in [-0.15, -0.1) is 0 Å². The lowest BCUT2D eigenvalue weighted by Gasteiger charge is -2.09. The lowest BCUT2D eigenvalue weighted by molar-refractivity contribution is -0.139. The largest absolute Gasteiger partial charge is 0.419 e. The molecule has 0 atom stereocenters. The number of alkyl halides is 3. The molecular formula is C11H8F4N2O. The summed E-state index contributed by atoms with van der Waals surface area (Å²) in [5.41, 5.74) is -0.767. The molecular weight excluding hydrogens is 252 g/mol. The fraction of sp³-hybridized carbons (Fsp3) is 0.182. The molecule has 96 valence electrons. The van der Waals surface area contributed by atoms with E-state index in [4.69, 9.17) is 5.11 Å². The van der Waals surface area contributed by atoms with Gasteiger partial charge in [-0.2, -0.15) is 13.2 Å². The standard InChI is InChI=1S/C11H8F4N2O/c12-10-3-8(1-2-9(10)11(13,14)15)17-4-7(5-18)16-6-17/h1-4,6,18H,5H2. The Kier molecular flexibility index (Phi) is 3.08. The second-order valence-corrected chi connectivity index (χ2v) is 3.59. The van der Waals surface area contributed by atoms with Crippen molar-refractivity contribution in [1.82, 2.24) is 9.55 Å². The highest BCUT2D eigenvalue weighted by atomic mass is 19.4. The molecule has 1 N–H and O–H groups in total. The Morgan fingerprint density at radius 2 is 2.00 bits per heavy atom. The molecule has 0 fully saturated rings. The van der Waals surface area contributed by atoms with Crippen LogP contribution in [0.5, 0.6) is 0 Å². The highest BCUT2D eigenvalue weighted by molar-refractivity contribution is 5.37. The van der Waals surface area contributed by atoms with Gasteiger partial charge in [-0.05, 0) is 18.2 Å². The normalized spacial score (nSPS) is 11.8. The third kappa shape index (κ3) is 2.35. The molecule has 3 nitrogen and oxygen atoms in total. The Hall–Kier alpha value is -1.89. The smallest absolute Gasteiger partial charge is 0.390 e. The van der Waals surface area contributed by atoms with E-state index < -0.39 is 17.6 Å². The molecule has 0 radical (unpaired) electrons. The highest BCUT2D eigenvalue weighted by Crippen LogP contribution is 2.32. The molecule has 0 unspecified atom stereocenters. The Morgan fingerprint density at radius 1 is 1.28 bits per heavy atom. The van der Waals surface area contributed by atoms with Crippen LogP contribution in [0.4, 0.5) is 17.6 Å². The quantitative estimate of drug-likeness (QED) is 0.842. The van der Waals surface area contributed by atoms with E-state index in [1.54, 1.807) is 0 Å². The first kappa shape index (κ1) is 12.6. The van der Waals surface area contributed by atoms with Crippen molar-refractivity contribution in [3.63, 3.8) is 0 Å². The van der Waals surface area contributed by atoms with E-state index in [2.05, 4.69) is 4.98 Å². The number of aliphatic hydroxyl groups excluding tert-OH is 1. The molecule has 0 saturated heterocycles. The summed E-state index contributed by atoms with van der Waals surface area (Å²) in [4.78, 5) is 3.78. The maximum Gasteiger partial charge on any atom is 0.419 e. The summed E-state index contributed by atoms with van der Waals surface area (Å²) in [7, 11) is 0. The van der Waals surface area contributed by atoms with E-state index >= 15 is 0 Å². The lowest BCUT2D eigenvalue weighted by atomic mass is 10.2. The maximum atomic E-state index is 13.3. The first-order valence-corrected chi connectivity index (χ1v) is 4.92. The number of nitrogens with zero attached hydrogens (tertiary/aromatic N) is 2. The Bertz CT molecular complexity index is 562. The molecule has 0 saturated carbocycles. The van der Waals surface area contributed by atoms with Crippen LogP contribution in [0.3, 0.4) is 0 Å². The van der Waals surface area contributed by atoms with Crippen molar-refractivity contribution >= 4 is 0 Å². The third-order valence-electron chi connectivity index (χ3n) is 2.35. The summed E-state index contributed by atoms with van der Waals surface area (Å²) in [5.74, 6) is -1.35. The fourth-order valence-corrected chi connectivity index (χ4v) is 1.48.